The molecular formula is C20H24N2O2S. The van der Waals surface area contributed by atoms with Gasteiger partial charge in [-0.25, -0.2) is 0 Å². The minimum Gasteiger partial charge on any atom is -0.322 e. The van der Waals surface area contributed by atoms with Gasteiger partial charge in [-0.2, -0.15) is 0 Å². The molecular weight excluding hydrogens is 332 g/mol. The third kappa shape index (κ3) is 3.76. The monoisotopic (exact) mass is 356 g/mol. The standard InChI is InChI=1S/C20H24N2O2S/c1-4-17(23)22-20-18(14-10-9-12(2)11-16(14)25-20)19(24)21-15-8-6-5-7-13(15)3/h5-8,12H,4,9-11H2,1-3H3,(H,21,24)(H,22,23)/t12-/m1/s1. The maximum absolute atomic E-state index is 13.0. The molecule has 2 N–H and O–H groups in total. The lowest BCUT2D eigenvalue weighted by molar-refractivity contribution is -0.115. The molecule has 1 atom stereocenters. The van der Waals surface area contributed by atoms with Crippen molar-refractivity contribution in [1.29, 1.82) is 0 Å². The number of para-hydroxylation sites is 1. The highest BCUT2D eigenvalue weighted by atomic mass is 32.1. The van der Waals surface area contributed by atoms with Crippen LogP contribution in [0.25, 0.3) is 0 Å². The van der Waals surface area contributed by atoms with Gasteiger partial charge in [-0.05, 0) is 49.3 Å². The summed E-state index contributed by atoms with van der Waals surface area (Å²) in [6.45, 7) is 6.03. The van der Waals surface area contributed by atoms with Crippen molar-refractivity contribution in [1.82, 2.24) is 0 Å². The zero-order valence-electron chi connectivity index (χ0n) is 14.9. The van der Waals surface area contributed by atoms with Crippen molar-refractivity contribution in [3.05, 3.63) is 45.8 Å². The summed E-state index contributed by atoms with van der Waals surface area (Å²) in [5, 5.41) is 6.65. The fourth-order valence-electron chi connectivity index (χ4n) is 3.19. The Morgan fingerprint density at radius 1 is 1.24 bits per heavy atom. The van der Waals surface area contributed by atoms with Crippen LogP contribution in [0.4, 0.5) is 10.7 Å². The van der Waals surface area contributed by atoms with E-state index in [4.69, 9.17) is 0 Å². The number of hydrogen-bond acceptors (Lipinski definition) is 3. The molecule has 0 saturated carbocycles. The second-order valence-corrected chi connectivity index (χ2v) is 7.83. The summed E-state index contributed by atoms with van der Waals surface area (Å²) < 4.78 is 0. The molecule has 5 heteroatoms. The molecule has 1 aliphatic rings. The average molecular weight is 356 g/mol. The van der Waals surface area contributed by atoms with Gasteiger partial charge in [-0.1, -0.05) is 32.0 Å². The van der Waals surface area contributed by atoms with Crippen molar-refractivity contribution in [2.45, 2.75) is 46.5 Å². The fraction of sp³-hybridized carbons (Fsp3) is 0.400. The Labute approximate surface area is 152 Å². The number of rotatable bonds is 4. The van der Waals surface area contributed by atoms with Crippen LogP contribution in [-0.2, 0) is 17.6 Å². The van der Waals surface area contributed by atoms with Crippen molar-refractivity contribution in [3.63, 3.8) is 0 Å². The van der Waals surface area contributed by atoms with Crippen LogP contribution in [0, 0.1) is 12.8 Å². The summed E-state index contributed by atoms with van der Waals surface area (Å²) in [5.41, 5.74) is 3.59. The summed E-state index contributed by atoms with van der Waals surface area (Å²) >= 11 is 1.56. The molecule has 2 aromatic rings. The van der Waals surface area contributed by atoms with E-state index < -0.39 is 0 Å². The van der Waals surface area contributed by atoms with E-state index in [9.17, 15) is 9.59 Å². The molecule has 0 fully saturated rings. The van der Waals surface area contributed by atoms with Gasteiger partial charge in [0.15, 0.2) is 0 Å². The fourth-order valence-corrected chi connectivity index (χ4v) is 4.62. The van der Waals surface area contributed by atoms with E-state index in [1.54, 1.807) is 11.3 Å². The first-order valence-corrected chi connectivity index (χ1v) is 9.62. The summed E-state index contributed by atoms with van der Waals surface area (Å²) in [7, 11) is 0. The molecule has 4 nitrogen and oxygen atoms in total. The largest absolute Gasteiger partial charge is 0.322 e. The summed E-state index contributed by atoms with van der Waals surface area (Å²) in [6.07, 6.45) is 3.35. The lowest BCUT2D eigenvalue weighted by Gasteiger charge is -2.19. The van der Waals surface area contributed by atoms with Gasteiger partial charge in [-0.3, -0.25) is 9.59 Å². The van der Waals surface area contributed by atoms with E-state index >= 15 is 0 Å². The Hall–Kier alpha value is -2.14. The second-order valence-electron chi connectivity index (χ2n) is 6.73. The first-order chi connectivity index (χ1) is 12.0. The molecule has 0 unspecified atom stereocenters. The number of amides is 2. The van der Waals surface area contributed by atoms with Crippen molar-refractivity contribution in [3.8, 4) is 0 Å². The third-order valence-electron chi connectivity index (χ3n) is 4.71. The van der Waals surface area contributed by atoms with Gasteiger partial charge in [-0.15, -0.1) is 11.3 Å². The van der Waals surface area contributed by atoms with Crippen LogP contribution in [-0.4, -0.2) is 11.8 Å². The van der Waals surface area contributed by atoms with Gasteiger partial charge in [0.1, 0.15) is 5.00 Å². The highest BCUT2D eigenvalue weighted by molar-refractivity contribution is 7.17. The van der Waals surface area contributed by atoms with Crippen LogP contribution in [0.1, 0.15) is 53.1 Å². The van der Waals surface area contributed by atoms with E-state index in [-0.39, 0.29) is 11.8 Å². The SMILES string of the molecule is CCC(=O)Nc1sc2c(c1C(=O)Nc1ccccc1C)CC[C@@H](C)C2. The molecule has 0 aliphatic heterocycles. The number of aryl methyl sites for hydroxylation is 1. The number of anilines is 2. The highest BCUT2D eigenvalue weighted by Gasteiger charge is 2.28. The van der Waals surface area contributed by atoms with Crippen LogP contribution in [0.3, 0.4) is 0 Å². The summed E-state index contributed by atoms with van der Waals surface area (Å²) in [5.74, 6) is 0.428. The van der Waals surface area contributed by atoms with E-state index in [1.807, 2.05) is 38.1 Å². The zero-order chi connectivity index (χ0) is 18.0. The number of thiophene rings is 1. The number of benzene rings is 1. The van der Waals surface area contributed by atoms with E-state index in [1.165, 1.54) is 4.88 Å². The van der Waals surface area contributed by atoms with Crippen molar-refractivity contribution in [2.75, 3.05) is 10.6 Å². The first-order valence-electron chi connectivity index (χ1n) is 8.81. The first kappa shape index (κ1) is 17.7. The van der Waals surface area contributed by atoms with E-state index in [0.717, 1.165) is 36.1 Å². The Morgan fingerprint density at radius 2 is 2.00 bits per heavy atom. The molecule has 1 aromatic heterocycles. The highest BCUT2D eigenvalue weighted by Crippen LogP contribution is 2.40. The smallest absolute Gasteiger partial charge is 0.258 e. The van der Waals surface area contributed by atoms with Gasteiger partial charge in [0.05, 0.1) is 5.56 Å². The van der Waals surface area contributed by atoms with Crippen LogP contribution >= 0.6 is 11.3 Å². The average Bonchev–Trinajstić information content (AvgIpc) is 2.93. The van der Waals surface area contributed by atoms with E-state index in [2.05, 4.69) is 17.6 Å². The maximum Gasteiger partial charge on any atom is 0.258 e. The molecule has 1 heterocycles. The quantitative estimate of drug-likeness (QED) is 0.828. The van der Waals surface area contributed by atoms with Crippen LogP contribution < -0.4 is 10.6 Å². The predicted molar refractivity (Wildman–Crippen MR) is 104 cm³/mol. The van der Waals surface area contributed by atoms with Gasteiger partial charge in [0, 0.05) is 17.0 Å². The number of nitrogens with one attached hydrogen (secondary N) is 2. The predicted octanol–water partition coefficient (Wildman–Crippen LogP) is 4.78. The van der Waals surface area contributed by atoms with Gasteiger partial charge in [0.25, 0.3) is 5.91 Å². The van der Waals surface area contributed by atoms with Gasteiger partial charge >= 0.3 is 0 Å². The number of carbonyl (C=O) groups excluding carboxylic acids is 2. The summed E-state index contributed by atoms with van der Waals surface area (Å²) in [4.78, 5) is 26.2. The Balaban J connectivity index is 1.96. The summed E-state index contributed by atoms with van der Waals surface area (Å²) in [6, 6.07) is 7.73. The molecule has 0 spiro atoms. The number of carbonyl (C=O) groups is 2. The molecule has 132 valence electrons. The van der Waals surface area contributed by atoms with Crippen molar-refractivity contribution in [2.24, 2.45) is 5.92 Å². The lowest BCUT2D eigenvalue weighted by Crippen LogP contribution is -2.19. The molecule has 2 amide bonds. The normalized spacial score (nSPS) is 16.2. The lowest BCUT2D eigenvalue weighted by atomic mass is 9.88. The maximum atomic E-state index is 13.0. The third-order valence-corrected chi connectivity index (χ3v) is 5.88. The molecule has 25 heavy (non-hydrogen) atoms. The van der Waals surface area contributed by atoms with Crippen LogP contribution in [0.15, 0.2) is 24.3 Å². The molecule has 1 aliphatic carbocycles. The minimum atomic E-state index is -0.132. The Bertz CT molecular complexity index is 810. The minimum absolute atomic E-state index is 0.0587. The molecule has 1 aromatic carbocycles. The second kappa shape index (κ2) is 7.40. The molecule has 0 radical (unpaired) electrons. The van der Waals surface area contributed by atoms with E-state index in [0.29, 0.717) is 22.9 Å². The zero-order valence-corrected chi connectivity index (χ0v) is 15.8. The van der Waals surface area contributed by atoms with Crippen molar-refractivity contribution < 1.29 is 9.59 Å². The number of fused-ring (bicyclic) bond motifs is 1. The topological polar surface area (TPSA) is 58.2 Å². The van der Waals surface area contributed by atoms with Gasteiger partial charge in [0.2, 0.25) is 5.91 Å². The van der Waals surface area contributed by atoms with Crippen molar-refractivity contribution >= 4 is 33.8 Å². The molecule has 0 saturated heterocycles. The Morgan fingerprint density at radius 3 is 2.72 bits per heavy atom. The Kier molecular flexibility index (Phi) is 5.23. The molecule has 3 rings (SSSR count). The van der Waals surface area contributed by atoms with Gasteiger partial charge < -0.3 is 10.6 Å². The molecule has 0 bridgehead atoms. The van der Waals surface area contributed by atoms with Crippen LogP contribution in [0.5, 0.6) is 0 Å². The number of hydrogen-bond donors (Lipinski definition) is 2. The van der Waals surface area contributed by atoms with Crippen LogP contribution in [0.2, 0.25) is 0 Å².